The van der Waals surface area contributed by atoms with Crippen molar-refractivity contribution in [1.82, 2.24) is 14.6 Å². The Labute approximate surface area is 179 Å². The number of nitrogens with zero attached hydrogens (tertiary/aromatic N) is 2. The van der Waals surface area contributed by atoms with Crippen LogP contribution in [0.25, 0.3) is 10.2 Å². The van der Waals surface area contributed by atoms with Crippen molar-refractivity contribution in [3.05, 3.63) is 58.1 Å². The molecule has 1 N–H and O–H groups in total. The molecule has 0 atom stereocenters. The predicted octanol–water partition coefficient (Wildman–Crippen LogP) is 3.95. The summed E-state index contributed by atoms with van der Waals surface area (Å²) in [5, 5.41) is 3.94. The molecule has 154 valence electrons. The molecule has 1 aromatic heterocycles. The van der Waals surface area contributed by atoms with Crippen LogP contribution >= 0.6 is 22.9 Å². The predicted molar refractivity (Wildman–Crippen MR) is 117 cm³/mol. The van der Waals surface area contributed by atoms with Crippen LogP contribution in [0, 0.1) is 0 Å². The number of thiazole rings is 1. The summed E-state index contributed by atoms with van der Waals surface area (Å²) in [5.74, 6) is -0.410. The van der Waals surface area contributed by atoms with Crippen LogP contribution in [0.3, 0.4) is 0 Å². The second kappa shape index (κ2) is 9.21. The summed E-state index contributed by atoms with van der Waals surface area (Å²) in [4.78, 5) is 17.2. The molecule has 2 aromatic carbocycles. The van der Waals surface area contributed by atoms with E-state index in [1.807, 2.05) is 24.3 Å². The maximum atomic E-state index is 12.7. The lowest BCUT2D eigenvalue weighted by Gasteiger charge is -2.19. The van der Waals surface area contributed by atoms with Crippen LogP contribution in [0.1, 0.15) is 29.2 Å². The summed E-state index contributed by atoms with van der Waals surface area (Å²) < 4.78 is 27.9. The van der Waals surface area contributed by atoms with Crippen LogP contribution in [0.4, 0.5) is 0 Å². The highest BCUT2D eigenvalue weighted by molar-refractivity contribution is 7.89. The average Bonchev–Trinajstić information content (AvgIpc) is 3.11. The molecule has 3 aromatic rings. The Bertz CT molecular complexity index is 1090. The number of hydrogen-bond donors (Lipinski definition) is 1. The normalized spacial score (nSPS) is 11.9. The Morgan fingerprint density at radius 3 is 2.59 bits per heavy atom. The summed E-state index contributed by atoms with van der Waals surface area (Å²) in [6, 6.07) is 12.1. The van der Waals surface area contributed by atoms with E-state index in [4.69, 9.17) is 11.6 Å². The van der Waals surface area contributed by atoms with Crippen molar-refractivity contribution in [2.75, 3.05) is 19.6 Å². The Balaban J connectivity index is 1.71. The molecule has 0 saturated heterocycles. The number of aromatic nitrogens is 1. The Hall–Kier alpha value is -2.00. The Morgan fingerprint density at radius 2 is 1.90 bits per heavy atom. The van der Waals surface area contributed by atoms with Crippen LogP contribution in [0.2, 0.25) is 5.02 Å². The third-order valence-corrected chi connectivity index (χ3v) is 7.96. The average molecular weight is 452 g/mol. The smallest absolute Gasteiger partial charge is 0.252 e. The van der Waals surface area contributed by atoms with Crippen molar-refractivity contribution in [3.8, 4) is 0 Å². The maximum absolute atomic E-state index is 12.7. The number of carbonyl (C=O) groups excluding carboxylic acids is 1. The van der Waals surface area contributed by atoms with E-state index < -0.39 is 15.9 Å². The van der Waals surface area contributed by atoms with Crippen molar-refractivity contribution in [2.45, 2.75) is 25.2 Å². The van der Waals surface area contributed by atoms with Gasteiger partial charge < -0.3 is 5.32 Å². The van der Waals surface area contributed by atoms with Crippen molar-refractivity contribution in [1.29, 1.82) is 0 Å². The van der Waals surface area contributed by atoms with Gasteiger partial charge in [0.1, 0.15) is 0 Å². The number of hydrogen-bond acceptors (Lipinski definition) is 5. The first-order chi connectivity index (χ1) is 13.9. The first kappa shape index (κ1) is 21.7. The quantitative estimate of drug-likeness (QED) is 0.562. The fraction of sp³-hybridized carbons (Fsp3) is 0.300. The van der Waals surface area contributed by atoms with Gasteiger partial charge >= 0.3 is 0 Å². The minimum atomic E-state index is -3.67. The van der Waals surface area contributed by atoms with E-state index >= 15 is 0 Å². The number of benzene rings is 2. The van der Waals surface area contributed by atoms with E-state index in [2.05, 4.69) is 10.3 Å². The number of amides is 1. The van der Waals surface area contributed by atoms with Crippen LogP contribution in [-0.2, 0) is 16.4 Å². The van der Waals surface area contributed by atoms with Gasteiger partial charge in [0, 0.05) is 26.1 Å². The highest BCUT2D eigenvalue weighted by atomic mass is 35.5. The van der Waals surface area contributed by atoms with E-state index in [0.29, 0.717) is 26.1 Å². The molecule has 0 radical (unpaired) electrons. The second-order valence-corrected chi connectivity index (χ2v) is 9.77. The molecule has 9 heteroatoms. The summed E-state index contributed by atoms with van der Waals surface area (Å²) in [6.07, 6.45) is 0.583. The minimum absolute atomic E-state index is 0.0573. The molecule has 1 heterocycles. The van der Waals surface area contributed by atoms with Crippen LogP contribution in [0.5, 0.6) is 0 Å². The molecule has 0 aliphatic heterocycles. The molecule has 0 spiro atoms. The monoisotopic (exact) mass is 451 g/mol. The topological polar surface area (TPSA) is 79.4 Å². The van der Waals surface area contributed by atoms with Crippen molar-refractivity contribution in [2.24, 2.45) is 0 Å². The van der Waals surface area contributed by atoms with Crippen LogP contribution in [0.15, 0.2) is 47.4 Å². The van der Waals surface area contributed by atoms with Gasteiger partial charge in [0.25, 0.3) is 5.91 Å². The van der Waals surface area contributed by atoms with Gasteiger partial charge in [-0.15, -0.1) is 11.3 Å². The lowest BCUT2D eigenvalue weighted by Crippen LogP contribution is -2.31. The van der Waals surface area contributed by atoms with Crippen LogP contribution in [-0.4, -0.2) is 43.2 Å². The fourth-order valence-electron chi connectivity index (χ4n) is 2.96. The van der Waals surface area contributed by atoms with Crippen molar-refractivity contribution in [3.63, 3.8) is 0 Å². The highest BCUT2D eigenvalue weighted by Gasteiger charge is 2.23. The highest BCUT2D eigenvalue weighted by Crippen LogP contribution is 2.24. The van der Waals surface area contributed by atoms with Crippen molar-refractivity contribution < 1.29 is 13.2 Å². The number of sulfonamides is 1. The van der Waals surface area contributed by atoms with Crippen LogP contribution < -0.4 is 5.32 Å². The fourth-order valence-corrected chi connectivity index (χ4v) is 5.61. The van der Waals surface area contributed by atoms with Gasteiger partial charge in [-0.25, -0.2) is 13.4 Å². The first-order valence-electron chi connectivity index (χ1n) is 9.29. The SMILES string of the molecule is CCN(CC)S(=O)(=O)c1ccc(Cl)c(C(=O)NCCc2nc3ccccc3s2)c1. The van der Waals surface area contributed by atoms with E-state index in [1.54, 1.807) is 25.2 Å². The molecule has 6 nitrogen and oxygen atoms in total. The standard InChI is InChI=1S/C20H22ClN3O3S2/c1-3-24(4-2)29(26,27)14-9-10-16(21)15(13-14)20(25)22-12-11-19-23-17-7-5-6-8-18(17)28-19/h5-10,13H,3-4,11-12H2,1-2H3,(H,22,25). The lowest BCUT2D eigenvalue weighted by molar-refractivity contribution is 0.0954. The number of rotatable bonds is 8. The Morgan fingerprint density at radius 1 is 1.17 bits per heavy atom. The molecule has 0 aliphatic rings. The van der Waals surface area contributed by atoms with Crippen molar-refractivity contribution >= 4 is 49.1 Å². The van der Waals surface area contributed by atoms with Gasteiger partial charge in [-0.2, -0.15) is 4.31 Å². The zero-order valence-corrected chi connectivity index (χ0v) is 18.6. The second-order valence-electron chi connectivity index (χ2n) is 6.31. The molecule has 29 heavy (non-hydrogen) atoms. The zero-order valence-electron chi connectivity index (χ0n) is 16.2. The Kier molecular flexibility index (Phi) is 6.89. The number of halogens is 1. The van der Waals surface area contributed by atoms with Gasteiger partial charge in [0.05, 0.1) is 30.7 Å². The van der Waals surface area contributed by atoms with Gasteiger partial charge in [-0.1, -0.05) is 37.6 Å². The minimum Gasteiger partial charge on any atom is -0.352 e. The molecule has 0 fully saturated rings. The molecular weight excluding hydrogens is 430 g/mol. The third-order valence-electron chi connectivity index (χ3n) is 4.49. The van der Waals surface area contributed by atoms with E-state index in [1.165, 1.54) is 22.5 Å². The van der Waals surface area contributed by atoms with Gasteiger partial charge in [0.2, 0.25) is 10.0 Å². The maximum Gasteiger partial charge on any atom is 0.252 e. The third kappa shape index (κ3) is 4.78. The summed E-state index contributed by atoms with van der Waals surface area (Å²) in [7, 11) is -3.67. The van der Waals surface area contributed by atoms with Gasteiger partial charge in [-0.3, -0.25) is 4.79 Å². The number of carbonyl (C=O) groups is 1. The summed E-state index contributed by atoms with van der Waals surface area (Å²) in [5.41, 5.74) is 1.08. The molecule has 1 amide bonds. The molecule has 3 rings (SSSR count). The van der Waals surface area contributed by atoms with E-state index in [0.717, 1.165) is 15.2 Å². The molecule has 0 unspecified atom stereocenters. The van der Waals surface area contributed by atoms with E-state index in [-0.39, 0.29) is 15.5 Å². The van der Waals surface area contributed by atoms with Gasteiger partial charge in [0.15, 0.2) is 0 Å². The molecular formula is C20H22ClN3O3S2. The summed E-state index contributed by atoms with van der Waals surface area (Å²) >= 11 is 7.75. The van der Waals surface area contributed by atoms with Gasteiger partial charge in [-0.05, 0) is 30.3 Å². The summed E-state index contributed by atoms with van der Waals surface area (Å²) in [6.45, 7) is 4.62. The van der Waals surface area contributed by atoms with E-state index in [9.17, 15) is 13.2 Å². The number of nitrogens with one attached hydrogen (secondary N) is 1. The largest absolute Gasteiger partial charge is 0.352 e. The molecule has 0 aliphatic carbocycles. The zero-order chi connectivity index (χ0) is 21.0. The number of fused-ring (bicyclic) bond motifs is 1. The molecule has 0 saturated carbocycles. The first-order valence-corrected chi connectivity index (χ1v) is 11.9. The molecule has 0 bridgehead atoms. The lowest BCUT2D eigenvalue weighted by atomic mass is 10.2. The number of para-hydroxylation sites is 1.